The molecule has 2 rings (SSSR count). The Morgan fingerprint density at radius 1 is 1.59 bits per heavy atom. The highest BCUT2D eigenvalue weighted by Gasteiger charge is 2.30. The van der Waals surface area contributed by atoms with Gasteiger partial charge in [0, 0.05) is 6.04 Å². The third-order valence-electron chi connectivity index (χ3n) is 3.41. The molecular formula is C13H20N2O2. The molecule has 1 saturated heterocycles. The Morgan fingerprint density at radius 3 is 2.88 bits per heavy atom. The lowest BCUT2D eigenvalue weighted by Gasteiger charge is -2.18. The van der Waals surface area contributed by atoms with Gasteiger partial charge in [0.25, 0.3) is 0 Å². The molecule has 0 aliphatic carbocycles. The van der Waals surface area contributed by atoms with Gasteiger partial charge in [0.1, 0.15) is 11.5 Å². The molecule has 1 aliphatic heterocycles. The minimum atomic E-state index is -0.0657. The minimum Gasteiger partial charge on any atom is -0.464 e. The molecule has 0 saturated carbocycles. The van der Waals surface area contributed by atoms with Crippen LogP contribution in [0.15, 0.2) is 16.5 Å². The summed E-state index contributed by atoms with van der Waals surface area (Å²) >= 11 is 0. The lowest BCUT2D eigenvalue weighted by atomic mass is 10.0. The van der Waals surface area contributed by atoms with Gasteiger partial charge in [-0.3, -0.25) is 4.79 Å². The molecule has 3 atom stereocenters. The summed E-state index contributed by atoms with van der Waals surface area (Å²) in [6.45, 7) is 6.83. The molecule has 4 nitrogen and oxygen atoms in total. The number of carbonyl (C=O) groups is 1. The first-order chi connectivity index (χ1) is 8.08. The highest BCUT2D eigenvalue weighted by molar-refractivity contribution is 5.80. The molecule has 2 N–H and O–H groups in total. The van der Waals surface area contributed by atoms with E-state index in [0.29, 0.717) is 0 Å². The van der Waals surface area contributed by atoms with E-state index >= 15 is 0 Å². The van der Waals surface area contributed by atoms with Gasteiger partial charge in [0.15, 0.2) is 0 Å². The van der Waals surface area contributed by atoms with Crippen LogP contribution in [0.25, 0.3) is 0 Å². The monoisotopic (exact) mass is 236 g/mol. The Labute approximate surface area is 102 Å². The van der Waals surface area contributed by atoms with E-state index in [2.05, 4.69) is 17.6 Å². The molecule has 1 amide bonds. The van der Waals surface area contributed by atoms with E-state index in [1.807, 2.05) is 26.0 Å². The molecule has 0 aromatic carbocycles. The molecule has 94 valence electrons. The second-order valence-electron chi connectivity index (χ2n) is 4.82. The highest BCUT2D eigenvalue weighted by Crippen LogP contribution is 2.19. The van der Waals surface area contributed by atoms with Gasteiger partial charge >= 0.3 is 0 Å². The predicted molar refractivity (Wildman–Crippen MR) is 65.6 cm³/mol. The van der Waals surface area contributed by atoms with Crippen LogP contribution in [0.1, 0.15) is 37.8 Å². The summed E-state index contributed by atoms with van der Waals surface area (Å²) in [6, 6.07) is 4.03. The van der Waals surface area contributed by atoms with Crippen molar-refractivity contribution in [1.82, 2.24) is 10.6 Å². The summed E-state index contributed by atoms with van der Waals surface area (Å²) in [4.78, 5) is 12.1. The Kier molecular flexibility index (Phi) is 3.52. The molecule has 1 aliphatic rings. The fraction of sp³-hybridized carbons (Fsp3) is 0.615. The average Bonchev–Trinajstić information content (AvgIpc) is 2.86. The Morgan fingerprint density at radius 2 is 2.35 bits per heavy atom. The fourth-order valence-corrected chi connectivity index (χ4v) is 2.29. The highest BCUT2D eigenvalue weighted by atomic mass is 16.3. The summed E-state index contributed by atoms with van der Waals surface area (Å²) in [5.74, 6) is 1.88. The fourth-order valence-electron chi connectivity index (χ4n) is 2.29. The molecule has 2 heterocycles. The molecule has 1 fully saturated rings. The largest absolute Gasteiger partial charge is 0.464 e. The van der Waals surface area contributed by atoms with Crippen molar-refractivity contribution in [3.05, 3.63) is 23.7 Å². The summed E-state index contributed by atoms with van der Waals surface area (Å²) < 4.78 is 5.51. The van der Waals surface area contributed by atoms with Gasteiger partial charge < -0.3 is 15.1 Å². The van der Waals surface area contributed by atoms with Crippen molar-refractivity contribution in [2.45, 2.75) is 39.3 Å². The van der Waals surface area contributed by atoms with E-state index < -0.39 is 0 Å². The molecule has 0 spiro atoms. The van der Waals surface area contributed by atoms with Crippen LogP contribution in [0.3, 0.4) is 0 Å². The van der Waals surface area contributed by atoms with E-state index in [9.17, 15) is 4.79 Å². The van der Waals surface area contributed by atoms with E-state index in [-0.39, 0.29) is 23.9 Å². The first kappa shape index (κ1) is 12.2. The maximum absolute atomic E-state index is 12.1. The van der Waals surface area contributed by atoms with E-state index in [4.69, 9.17) is 4.42 Å². The van der Waals surface area contributed by atoms with Gasteiger partial charge in [0.05, 0.1) is 12.0 Å². The van der Waals surface area contributed by atoms with Gasteiger partial charge in [-0.05, 0) is 45.9 Å². The molecule has 1 aromatic heterocycles. The van der Waals surface area contributed by atoms with Crippen LogP contribution in [-0.4, -0.2) is 18.5 Å². The van der Waals surface area contributed by atoms with Gasteiger partial charge in [0.2, 0.25) is 5.91 Å². The van der Waals surface area contributed by atoms with Crippen molar-refractivity contribution in [2.75, 3.05) is 6.54 Å². The van der Waals surface area contributed by atoms with Crippen molar-refractivity contribution in [3.63, 3.8) is 0 Å². The number of carbonyl (C=O) groups excluding carboxylic acids is 1. The molecule has 1 aromatic rings. The van der Waals surface area contributed by atoms with Crippen LogP contribution in [0.4, 0.5) is 0 Å². The van der Waals surface area contributed by atoms with Gasteiger partial charge in [-0.1, -0.05) is 0 Å². The topological polar surface area (TPSA) is 54.3 Å². The third-order valence-corrected chi connectivity index (χ3v) is 3.41. The Bertz CT molecular complexity index is 400. The normalized spacial score (nSPS) is 25.8. The van der Waals surface area contributed by atoms with Crippen molar-refractivity contribution in [3.8, 4) is 0 Å². The van der Waals surface area contributed by atoms with Crippen molar-refractivity contribution < 1.29 is 9.21 Å². The van der Waals surface area contributed by atoms with Crippen LogP contribution in [0.5, 0.6) is 0 Å². The SMILES string of the molecule is Cc1ccc(C(C)NC(=O)C2CCNC2C)o1. The predicted octanol–water partition coefficient (Wildman–Crippen LogP) is 1.76. The van der Waals surface area contributed by atoms with Crippen molar-refractivity contribution >= 4 is 5.91 Å². The quantitative estimate of drug-likeness (QED) is 0.841. The lowest BCUT2D eigenvalue weighted by Crippen LogP contribution is -2.37. The number of furan rings is 1. The Balaban J connectivity index is 1.94. The van der Waals surface area contributed by atoms with Gasteiger partial charge in [-0.2, -0.15) is 0 Å². The number of hydrogen-bond acceptors (Lipinski definition) is 3. The van der Waals surface area contributed by atoms with Gasteiger partial charge in [-0.25, -0.2) is 0 Å². The minimum absolute atomic E-state index is 0.0657. The zero-order valence-electron chi connectivity index (χ0n) is 10.6. The van der Waals surface area contributed by atoms with Crippen LogP contribution in [0, 0.1) is 12.8 Å². The second kappa shape index (κ2) is 4.92. The first-order valence-electron chi connectivity index (χ1n) is 6.18. The summed E-state index contributed by atoms with van der Waals surface area (Å²) in [5, 5.41) is 6.29. The third kappa shape index (κ3) is 2.69. The van der Waals surface area contributed by atoms with Crippen LogP contribution >= 0.6 is 0 Å². The van der Waals surface area contributed by atoms with Gasteiger partial charge in [-0.15, -0.1) is 0 Å². The number of aryl methyl sites for hydroxylation is 1. The second-order valence-corrected chi connectivity index (χ2v) is 4.82. The molecule has 0 bridgehead atoms. The number of amides is 1. The van der Waals surface area contributed by atoms with Crippen LogP contribution < -0.4 is 10.6 Å². The summed E-state index contributed by atoms with van der Waals surface area (Å²) in [5.41, 5.74) is 0. The zero-order valence-corrected chi connectivity index (χ0v) is 10.6. The Hall–Kier alpha value is -1.29. The lowest BCUT2D eigenvalue weighted by molar-refractivity contribution is -0.125. The first-order valence-corrected chi connectivity index (χ1v) is 6.18. The molecule has 17 heavy (non-hydrogen) atoms. The van der Waals surface area contributed by atoms with Crippen LogP contribution in [0.2, 0.25) is 0 Å². The summed E-state index contributed by atoms with van der Waals surface area (Å²) in [7, 11) is 0. The smallest absolute Gasteiger partial charge is 0.225 e. The number of hydrogen-bond donors (Lipinski definition) is 2. The maximum Gasteiger partial charge on any atom is 0.225 e. The standard InChI is InChI=1S/C13H20N2O2/c1-8-4-5-12(17-8)10(3)15-13(16)11-6-7-14-9(11)2/h4-5,9-11,14H,6-7H2,1-3H3,(H,15,16). The molecule has 4 heteroatoms. The van der Waals surface area contributed by atoms with Crippen molar-refractivity contribution in [2.24, 2.45) is 5.92 Å². The molecule has 0 radical (unpaired) electrons. The van der Waals surface area contributed by atoms with Crippen molar-refractivity contribution in [1.29, 1.82) is 0 Å². The van der Waals surface area contributed by atoms with E-state index in [1.54, 1.807) is 0 Å². The molecule has 3 unspecified atom stereocenters. The number of rotatable bonds is 3. The molecular weight excluding hydrogens is 216 g/mol. The summed E-state index contributed by atoms with van der Waals surface area (Å²) in [6.07, 6.45) is 0.914. The van der Waals surface area contributed by atoms with E-state index in [1.165, 1.54) is 0 Å². The maximum atomic E-state index is 12.1. The zero-order chi connectivity index (χ0) is 12.4. The average molecular weight is 236 g/mol. The van der Waals surface area contributed by atoms with Crippen LogP contribution in [-0.2, 0) is 4.79 Å². The van der Waals surface area contributed by atoms with E-state index in [0.717, 1.165) is 24.5 Å². The number of nitrogens with one attached hydrogen (secondary N) is 2.